The number of Topliss-reactive ketones (excluding diaryl/α,β-unsaturated/α-hetero) is 1. The first-order valence-corrected chi connectivity index (χ1v) is 17.9. The Morgan fingerprint density at radius 3 is 1.50 bits per heavy atom. The number of aryl methyl sites for hydroxylation is 3. The van der Waals surface area contributed by atoms with Crippen molar-refractivity contribution in [2.24, 2.45) is 0 Å². The molecule has 0 aromatic heterocycles. The van der Waals surface area contributed by atoms with E-state index in [1.54, 1.807) is 54.6 Å². The molecule has 2 aliphatic heterocycles. The summed E-state index contributed by atoms with van der Waals surface area (Å²) in [6.07, 6.45) is 0.178. The van der Waals surface area contributed by atoms with E-state index in [1.165, 1.54) is 30.3 Å². The minimum atomic E-state index is -0.538. The number of imide groups is 2. The van der Waals surface area contributed by atoms with Crippen LogP contribution < -0.4 is 20.9 Å². The molecule has 0 spiro atoms. The van der Waals surface area contributed by atoms with Crippen molar-refractivity contribution < 1.29 is 28.8 Å². The molecule has 10 nitrogen and oxygen atoms in total. The molecule has 0 saturated carbocycles. The number of nitrogens with one attached hydrogen (secondary N) is 1. The lowest BCUT2D eigenvalue weighted by Crippen LogP contribution is -2.29. The van der Waals surface area contributed by atoms with E-state index in [-0.39, 0.29) is 40.0 Å². The zero-order chi connectivity index (χ0) is 39.4. The van der Waals surface area contributed by atoms with Crippen molar-refractivity contribution in [2.75, 3.05) is 20.9 Å². The van der Waals surface area contributed by atoms with Crippen molar-refractivity contribution in [2.45, 2.75) is 27.2 Å². The molecular weight excluding hydrogens is 705 g/mol. The number of amides is 5. The zero-order valence-electron chi connectivity index (χ0n) is 30.7. The van der Waals surface area contributed by atoms with Gasteiger partial charge in [0.25, 0.3) is 29.5 Å². The fourth-order valence-electron chi connectivity index (χ4n) is 7.21. The van der Waals surface area contributed by atoms with Gasteiger partial charge in [0.1, 0.15) is 0 Å². The standard InChI is InChI=1S/C46H34N4O6/c1-25-4-6-28(7-5-25)22-41(51)29-8-16-37-39(23-29)45(55)49(43(37)53)33-14-18-35(26(2)20-33)36-19-15-34(21-27(36)3)50-44(54)38-17-9-30(24-40(38)46(50)56)42(52)48-32-12-10-31(47)11-13-32/h4-21,23-24H,22,47H2,1-3H3,(H,48,52). The summed E-state index contributed by atoms with van der Waals surface area (Å²) in [7, 11) is 0. The normalized spacial score (nSPS) is 13.3. The number of ketones is 1. The number of nitrogens with zero attached hydrogens (tertiary/aromatic N) is 2. The topological polar surface area (TPSA) is 147 Å². The van der Waals surface area contributed by atoms with Crippen LogP contribution in [0.2, 0.25) is 0 Å². The Bertz CT molecular complexity index is 2510. The third-order valence-corrected chi connectivity index (χ3v) is 10.2. The average Bonchev–Trinajstić information content (AvgIpc) is 3.59. The fraction of sp³-hybridized carbons (Fsp3) is 0.0870. The predicted octanol–water partition coefficient (Wildman–Crippen LogP) is 8.14. The maximum absolute atomic E-state index is 13.6. The molecule has 10 heteroatoms. The number of nitrogens with two attached hydrogens (primary N) is 1. The van der Waals surface area contributed by atoms with Crippen molar-refractivity contribution in [1.82, 2.24) is 0 Å². The van der Waals surface area contributed by atoms with E-state index < -0.39 is 29.5 Å². The van der Waals surface area contributed by atoms with Gasteiger partial charge in [-0.1, -0.05) is 48.0 Å². The number of nitrogen functional groups attached to an aromatic ring is 1. The van der Waals surface area contributed by atoms with Gasteiger partial charge in [-0.2, -0.15) is 0 Å². The number of fused-ring (bicyclic) bond motifs is 2. The van der Waals surface area contributed by atoms with Gasteiger partial charge in [-0.25, -0.2) is 9.80 Å². The summed E-state index contributed by atoms with van der Waals surface area (Å²) in [5.41, 5.74) is 14.1. The van der Waals surface area contributed by atoms with Crippen molar-refractivity contribution in [1.29, 1.82) is 0 Å². The second kappa shape index (κ2) is 13.7. The molecule has 6 aromatic carbocycles. The lowest BCUT2D eigenvalue weighted by Gasteiger charge is -2.19. The second-order valence-corrected chi connectivity index (χ2v) is 14.1. The summed E-state index contributed by atoms with van der Waals surface area (Å²) in [6.45, 7) is 5.71. The number of hydrogen-bond donors (Lipinski definition) is 2. The molecule has 274 valence electrons. The van der Waals surface area contributed by atoms with Crippen LogP contribution in [0.25, 0.3) is 11.1 Å². The molecular formula is C46H34N4O6. The van der Waals surface area contributed by atoms with Gasteiger partial charge in [0.2, 0.25) is 0 Å². The molecule has 6 aromatic rings. The van der Waals surface area contributed by atoms with E-state index in [4.69, 9.17) is 5.73 Å². The van der Waals surface area contributed by atoms with E-state index in [0.29, 0.717) is 28.3 Å². The number of rotatable bonds is 8. The smallest absolute Gasteiger partial charge is 0.266 e. The number of benzene rings is 6. The minimum absolute atomic E-state index is 0.131. The molecule has 2 aliphatic rings. The van der Waals surface area contributed by atoms with E-state index in [2.05, 4.69) is 5.32 Å². The highest BCUT2D eigenvalue weighted by Gasteiger charge is 2.39. The Balaban J connectivity index is 0.994. The molecule has 3 N–H and O–H groups in total. The van der Waals surface area contributed by atoms with Gasteiger partial charge in [0.15, 0.2) is 5.78 Å². The molecule has 8 rings (SSSR count). The Morgan fingerprint density at radius 2 is 0.982 bits per heavy atom. The van der Waals surface area contributed by atoms with Crippen LogP contribution in [-0.4, -0.2) is 35.3 Å². The third-order valence-electron chi connectivity index (χ3n) is 10.2. The average molecular weight is 739 g/mol. The van der Waals surface area contributed by atoms with Crippen LogP contribution in [0.5, 0.6) is 0 Å². The largest absolute Gasteiger partial charge is 0.399 e. The number of carbonyl (C=O) groups excluding carboxylic acids is 6. The van der Waals surface area contributed by atoms with Gasteiger partial charge in [-0.05, 0) is 127 Å². The third kappa shape index (κ3) is 6.22. The first-order chi connectivity index (χ1) is 26.9. The molecule has 0 atom stereocenters. The molecule has 2 heterocycles. The Morgan fingerprint density at radius 1 is 0.518 bits per heavy atom. The van der Waals surface area contributed by atoms with E-state index in [1.807, 2.05) is 57.2 Å². The Labute approximate surface area is 322 Å². The van der Waals surface area contributed by atoms with Crippen LogP contribution in [0.1, 0.15) is 84.4 Å². The second-order valence-electron chi connectivity index (χ2n) is 14.1. The van der Waals surface area contributed by atoms with E-state index in [9.17, 15) is 28.8 Å². The van der Waals surface area contributed by atoms with Crippen LogP contribution in [-0.2, 0) is 6.42 Å². The summed E-state index contributed by atoms with van der Waals surface area (Å²) >= 11 is 0. The lowest BCUT2D eigenvalue weighted by molar-refractivity contribution is 0.0910. The van der Waals surface area contributed by atoms with Crippen LogP contribution in [0.4, 0.5) is 22.7 Å². The Kier molecular flexibility index (Phi) is 8.73. The molecule has 0 saturated heterocycles. The van der Waals surface area contributed by atoms with Crippen LogP contribution in [0.15, 0.2) is 121 Å². The molecule has 56 heavy (non-hydrogen) atoms. The summed E-state index contributed by atoms with van der Waals surface area (Å²) in [6, 6.07) is 33.9. The van der Waals surface area contributed by atoms with Gasteiger partial charge < -0.3 is 11.1 Å². The number of hydrogen-bond acceptors (Lipinski definition) is 7. The molecule has 0 unspecified atom stereocenters. The van der Waals surface area contributed by atoms with Crippen molar-refractivity contribution in [3.05, 3.63) is 177 Å². The molecule has 0 aliphatic carbocycles. The molecule has 5 amide bonds. The minimum Gasteiger partial charge on any atom is -0.399 e. The Hall–Kier alpha value is -7.46. The maximum atomic E-state index is 13.6. The fourth-order valence-corrected chi connectivity index (χ4v) is 7.21. The highest BCUT2D eigenvalue weighted by molar-refractivity contribution is 6.35. The maximum Gasteiger partial charge on any atom is 0.266 e. The van der Waals surface area contributed by atoms with Crippen LogP contribution >= 0.6 is 0 Å². The number of carbonyl (C=O) groups is 6. The molecule has 0 radical (unpaired) electrons. The van der Waals surface area contributed by atoms with Gasteiger partial charge in [-0.3, -0.25) is 28.8 Å². The highest BCUT2D eigenvalue weighted by Crippen LogP contribution is 2.37. The van der Waals surface area contributed by atoms with Crippen molar-refractivity contribution in [3.8, 4) is 11.1 Å². The number of anilines is 4. The zero-order valence-corrected chi connectivity index (χ0v) is 30.7. The van der Waals surface area contributed by atoms with Gasteiger partial charge in [0, 0.05) is 28.9 Å². The first-order valence-electron chi connectivity index (χ1n) is 17.9. The van der Waals surface area contributed by atoms with Crippen LogP contribution in [0, 0.1) is 20.8 Å². The summed E-state index contributed by atoms with van der Waals surface area (Å²) in [4.78, 5) is 82.5. The summed E-state index contributed by atoms with van der Waals surface area (Å²) in [5.74, 6) is -2.58. The predicted molar refractivity (Wildman–Crippen MR) is 215 cm³/mol. The monoisotopic (exact) mass is 738 g/mol. The SMILES string of the molecule is Cc1ccc(CC(=O)c2ccc3c(c2)C(=O)N(c2ccc(-c4ccc(N5C(=O)c6ccc(C(=O)Nc7ccc(N)cc7)cc6C5=O)cc4C)c(C)c2)C3=O)cc1. The molecule has 0 fully saturated rings. The highest BCUT2D eigenvalue weighted by atomic mass is 16.2. The molecule has 0 bridgehead atoms. The van der Waals surface area contributed by atoms with E-state index >= 15 is 0 Å². The van der Waals surface area contributed by atoms with Gasteiger partial charge in [-0.15, -0.1) is 0 Å². The quantitative estimate of drug-likeness (QED) is 0.0911. The lowest BCUT2D eigenvalue weighted by atomic mass is 9.95. The van der Waals surface area contributed by atoms with Gasteiger partial charge >= 0.3 is 0 Å². The van der Waals surface area contributed by atoms with Crippen molar-refractivity contribution >= 4 is 58.1 Å². The van der Waals surface area contributed by atoms with Crippen molar-refractivity contribution in [3.63, 3.8) is 0 Å². The summed E-state index contributed by atoms with van der Waals surface area (Å²) in [5, 5.41) is 2.77. The van der Waals surface area contributed by atoms with Gasteiger partial charge in [0.05, 0.1) is 33.6 Å². The van der Waals surface area contributed by atoms with Crippen LogP contribution in [0.3, 0.4) is 0 Å². The summed E-state index contributed by atoms with van der Waals surface area (Å²) < 4.78 is 0. The first kappa shape index (κ1) is 35.6. The van der Waals surface area contributed by atoms with E-state index in [0.717, 1.165) is 43.2 Å².